The fraction of sp³-hybridized carbons (Fsp3) is 0.467. The van der Waals surface area contributed by atoms with Crippen LogP contribution in [0, 0.1) is 5.92 Å². The zero-order valence-electron chi connectivity index (χ0n) is 12.4. The van der Waals surface area contributed by atoms with Crippen molar-refractivity contribution in [3.05, 3.63) is 30.4 Å². The first kappa shape index (κ1) is 15.0. The normalized spacial score (nSPS) is 15.5. The van der Waals surface area contributed by atoms with Crippen molar-refractivity contribution in [2.45, 2.75) is 25.8 Å². The summed E-state index contributed by atoms with van der Waals surface area (Å²) < 4.78 is 5.22. The molecule has 1 amide bonds. The topological polar surface area (TPSA) is 80.9 Å². The number of hydrogen-bond donors (Lipinski definition) is 1. The third-order valence-corrected chi connectivity index (χ3v) is 4.57. The molecule has 7 heteroatoms. The fourth-order valence-corrected chi connectivity index (χ4v) is 3.02. The predicted octanol–water partition coefficient (Wildman–Crippen LogP) is 2.45. The Bertz CT molecular complexity index is 627. The monoisotopic (exact) mass is 318 g/mol. The highest BCUT2D eigenvalue weighted by molar-refractivity contribution is 7.99. The van der Waals surface area contributed by atoms with Crippen LogP contribution in [0.25, 0.3) is 11.4 Å². The van der Waals surface area contributed by atoms with Crippen molar-refractivity contribution in [1.29, 1.82) is 0 Å². The van der Waals surface area contributed by atoms with E-state index in [4.69, 9.17) is 4.52 Å². The van der Waals surface area contributed by atoms with Gasteiger partial charge in [0.15, 0.2) is 0 Å². The minimum Gasteiger partial charge on any atom is -0.344 e. The Morgan fingerprint density at radius 2 is 2.41 bits per heavy atom. The van der Waals surface area contributed by atoms with E-state index in [0.717, 1.165) is 17.2 Å². The van der Waals surface area contributed by atoms with Gasteiger partial charge in [-0.05, 0) is 43.6 Å². The zero-order valence-corrected chi connectivity index (χ0v) is 13.2. The number of nitrogens with zero attached hydrogens (tertiary/aromatic N) is 3. The Balaban J connectivity index is 1.52. The highest BCUT2D eigenvalue weighted by Crippen LogP contribution is 2.32. The smallest absolute Gasteiger partial charge is 0.249 e. The molecule has 116 valence electrons. The summed E-state index contributed by atoms with van der Waals surface area (Å²) in [6, 6.07) is 3.37. The van der Waals surface area contributed by atoms with E-state index in [2.05, 4.69) is 20.4 Å². The molecule has 6 nitrogen and oxygen atoms in total. The van der Waals surface area contributed by atoms with Crippen LogP contribution in [0.2, 0.25) is 0 Å². The average molecular weight is 318 g/mol. The number of thioether (sulfide) groups is 1. The molecule has 0 radical (unpaired) electrons. The van der Waals surface area contributed by atoms with Crippen molar-refractivity contribution >= 4 is 17.7 Å². The highest BCUT2D eigenvalue weighted by atomic mass is 32.2. The fourth-order valence-electron chi connectivity index (χ4n) is 1.97. The van der Waals surface area contributed by atoms with Crippen LogP contribution in [0.15, 0.2) is 29.0 Å². The second-order valence-electron chi connectivity index (χ2n) is 5.45. The zero-order chi connectivity index (χ0) is 15.4. The number of rotatable bonds is 7. The lowest BCUT2D eigenvalue weighted by molar-refractivity contribution is -0.119. The molecule has 22 heavy (non-hydrogen) atoms. The van der Waals surface area contributed by atoms with Crippen LogP contribution in [-0.2, 0) is 4.79 Å². The molecular formula is C15H18N4O2S. The quantitative estimate of drug-likeness (QED) is 0.844. The summed E-state index contributed by atoms with van der Waals surface area (Å²) in [5.41, 5.74) is 0.788. The molecule has 2 aromatic heterocycles. The van der Waals surface area contributed by atoms with E-state index < -0.39 is 0 Å². The Hall–Kier alpha value is -1.89. The van der Waals surface area contributed by atoms with Crippen LogP contribution >= 0.6 is 11.8 Å². The Labute approximate surface area is 133 Å². The lowest BCUT2D eigenvalue weighted by Gasteiger charge is -2.09. The van der Waals surface area contributed by atoms with Crippen molar-refractivity contribution in [2.75, 3.05) is 11.5 Å². The minimum absolute atomic E-state index is 0.000669. The Morgan fingerprint density at radius 3 is 3.14 bits per heavy atom. The number of aromatic nitrogens is 3. The van der Waals surface area contributed by atoms with Gasteiger partial charge < -0.3 is 9.84 Å². The molecule has 0 unspecified atom stereocenters. The van der Waals surface area contributed by atoms with Crippen LogP contribution in [-0.4, -0.2) is 32.5 Å². The SMILES string of the molecule is C[C@H](NC(=O)CSCC1CC1)c1nc(-c2cccnc2)no1. The van der Waals surface area contributed by atoms with Crippen molar-refractivity contribution < 1.29 is 9.32 Å². The van der Waals surface area contributed by atoms with Gasteiger partial charge >= 0.3 is 0 Å². The summed E-state index contributed by atoms with van der Waals surface area (Å²) >= 11 is 1.68. The highest BCUT2D eigenvalue weighted by Gasteiger charge is 2.22. The molecule has 1 saturated carbocycles. The lowest BCUT2D eigenvalue weighted by atomic mass is 10.3. The average Bonchev–Trinajstić information content (AvgIpc) is 3.21. The summed E-state index contributed by atoms with van der Waals surface area (Å²) in [5.74, 6) is 3.26. The molecular weight excluding hydrogens is 300 g/mol. The maximum atomic E-state index is 11.9. The predicted molar refractivity (Wildman–Crippen MR) is 84.1 cm³/mol. The van der Waals surface area contributed by atoms with Crippen LogP contribution in [0.5, 0.6) is 0 Å². The van der Waals surface area contributed by atoms with Crippen molar-refractivity contribution in [3.63, 3.8) is 0 Å². The Morgan fingerprint density at radius 1 is 1.55 bits per heavy atom. The number of amides is 1. The van der Waals surface area contributed by atoms with Crippen LogP contribution in [0.3, 0.4) is 0 Å². The van der Waals surface area contributed by atoms with Gasteiger partial charge in [0, 0.05) is 18.0 Å². The van der Waals surface area contributed by atoms with Gasteiger partial charge in [0.2, 0.25) is 17.6 Å². The van der Waals surface area contributed by atoms with E-state index in [1.54, 1.807) is 24.2 Å². The summed E-state index contributed by atoms with van der Waals surface area (Å²) in [5, 5.41) is 6.81. The third kappa shape index (κ3) is 4.07. The molecule has 1 aliphatic carbocycles. The summed E-state index contributed by atoms with van der Waals surface area (Å²) in [4.78, 5) is 20.2. The van der Waals surface area contributed by atoms with E-state index in [1.165, 1.54) is 12.8 Å². The molecule has 0 spiro atoms. The van der Waals surface area contributed by atoms with E-state index in [9.17, 15) is 4.79 Å². The van der Waals surface area contributed by atoms with Gasteiger partial charge in [-0.3, -0.25) is 9.78 Å². The van der Waals surface area contributed by atoms with Crippen LogP contribution < -0.4 is 5.32 Å². The molecule has 1 aliphatic rings. The van der Waals surface area contributed by atoms with Gasteiger partial charge in [-0.25, -0.2) is 0 Å². The first-order chi connectivity index (χ1) is 10.7. The van der Waals surface area contributed by atoms with E-state index >= 15 is 0 Å². The standard InChI is InChI=1S/C15H18N4O2S/c1-10(17-13(20)9-22-8-11-4-5-11)15-18-14(19-21-15)12-3-2-6-16-7-12/h2-3,6-7,10-11H,4-5,8-9H2,1H3,(H,17,20)/t10-/m0/s1. The lowest BCUT2D eigenvalue weighted by Crippen LogP contribution is -2.28. The van der Waals surface area contributed by atoms with Gasteiger partial charge in [-0.2, -0.15) is 16.7 Å². The van der Waals surface area contributed by atoms with Crippen LogP contribution in [0.4, 0.5) is 0 Å². The number of pyridine rings is 1. The maximum absolute atomic E-state index is 11.9. The van der Waals surface area contributed by atoms with Gasteiger partial charge in [0.05, 0.1) is 5.75 Å². The summed E-state index contributed by atoms with van der Waals surface area (Å²) in [7, 11) is 0. The van der Waals surface area contributed by atoms with Gasteiger partial charge in [0.25, 0.3) is 0 Å². The molecule has 2 aromatic rings. The third-order valence-electron chi connectivity index (χ3n) is 3.39. The first-order valence-electron chi connectivity index (χ1n) is 7.33. The largest absolute Gasteiger partial charge is 0.344 e. The molecule has 2 heterocycles. The Kier molecular flexibility index (Phi) is 4.72. The van der Waals surface area contributed by atoms with E-state index in [1.807, 2.05) is 19.1 Å². The second kappa shape index (κ2) is 6.91. The number of hydrogen-bond acceptors (Lipinski definition) is 6. The molecule has 0 saturated heterocycles. The van der Waals surface area contributed by atoms with Crippen molar-refractivity contribution in [2.24, 2.45) is 5.92 Å². The first-order valence-corrected chi connectivity index (χ1v) is 8.49. The van der Waals surface area contributed by atoms with Gasteiger partial charge in [-0.15, -0.1) is 0 Å². The number of carbonyl (C=O) groups is 1. The van der Waals surface area contributed by atoms with Crippen molar-refractivity contribution in [1.82, 2.24) is 20.4 Å². The molecule has 0 bridgehead atoms. The van der Waals surface area contributed by atoms with E-state index in [0.29, 0.717) is 17.5 Å². The molecule has 1 fully saturated rings. The molecule has 0 aromatic carbocycles. The minimum atomic E-state index is -0.299. The van der Waals surface area contributed by atoms with Crippen molar-refractivity contribution in [3.8, 4) is 11.4 Å². The summed E-state index contributed by atoms with van der Waals surface area (Å²) in [6.07, 6.45) is 5.98. The van der Waals surface area contributed by atoms with Gasteiger partial charge in [0.1, 0.15) is 6.04 Å². The molecule has 0 aliphatic heterocycles. The molecule has 1 N–H and O–H groups in total. The van der Waals surface area contributed by atoms with Crippen LogP contribution in [0.1, 0.15) is 31.7 Å². The van der Waals surface area contributed by atoms with E-state index in [-0.39, 0.29) is 11.9 Å². The van der Waals surface area contributed by atoms with Gasteiger partial charge in [-0.1, -0.05) is 5.16 Å². The number of nitrogens with one attached hydrogen (secondary N) is 1. The summed E-state index contributed by atoms with van der Waals surface area (Å²) in [6.45, 7) is 1.84. The molecule has 1 atom stereocenters. The number of carbonyl (C=O) groups excluding carboxylic acids is 1. The second-order valence-corrected chi connectivity index (χ2v) is 6.48. The maximum Gasteiger partial charge on any atom is 0.249 e. The molecule has 3 rings (SSSR count).